The van der Waals surface area contributed by atoms with Crippen molar-refractivity contribution in [1.82, 2.24) is 9.78 Å². The van der Waals surface area contributed by atoms with E-state index in [1.807, 2.05) is 28.9 Å². The molecule has 0 saturated heterocycles. The average molecular weight is 440 g/mol. The molecule has 0 radical (unpaired) electrons. The van der Waals surface area contributed by atoms with Gasteiger partial charge < -0.3 is 5.32 Å². The number of fused-ring (bicyclic) bond motifs is 1. The molecule has 4 nitrogen and oxygen atoms in total. The quantitative estimate of drug-likeness (QED) is 0.585. The molecular formula is C20H17IN4. The molecule has 0 spiro atoms. The van der Waals surface area contributed by atoms with Gasteiger partial charge in [0.1, 0.15) is 5.82 Å². The van der Waals surface area contributed by atoms with Crippen molar-refractivity contribution in [2.45, 2.75) is 19.3 Å². The van der Waals surface area contributed by atoms with Crippen molar-refractivity contribution in [2.24, 2.45) is 0 Å². The fourth-order valence-corrected chi connectivity index (χ4v) is 3.57. The van der Waals surface area contributed by atoms with Crippen LogP contribution >= 0.6 is 22.6 Å². The van der Waals surface area contributed by atoms with Crippen LogP contribution in [0, 0.1) is 14.9 Å². The Labute approximate surface area is 160 Å². The number of benzene rings is 2. The topological polar surface area (TPSA) is 53.6 Å². The number of nitrogens with one attached hydrogen (secondary N) is 1. The van der Waals surface area contributed by atoms with Crippen molar-refractivity contribution in [2.75, 3.05) is 11.9 Å². The Hall–Kier alpha value is -2.33. The lowest BCUT2D eigenvalue weighted by Crippen LogP contribution is -2.07. The second-order valence-corrected chi connectivity index (χ2v) is 7.38. The van der Waals surface area contributed by atoms with Crippen molar-refractivity contribution in [3.8, 4) is 23.0 Å². The third-order valence-electron chi connectivity index (χ3n) is 4.49. The fraction of sp³-hybridized carbons (Fsp3) is 0.200. The lowest BCUT2D eigenvalue weighted by atomic mass is 10.0. The largest absolute Gasteiger partial charge is 0.370 e. The summed E-state index contributed by atoms with van der Waals surface area (Å²) in [6.07, 6.45) is 3.35. The summed E-state index contributed by atoms with van der Waals surface area (Å²) in [7, 11) is 0. The smallest absolute Gasteiger partial charge is 0.133 e. The molecule has 2 aromatic carbocycles. The summed E-state index contributed by atoms with van der Waals surface area (Å²) in [6, 6.07) is 18.3. The molecule has 1 aliphatic rings. The third-order valence-corrected chi connectivity index (χ3v) is 5.21. The highest BCUT2D eigenvalue weighted by atomic mass is 127. The van der Waals surface area contributed by atoms with Crippen LogP contribution in [0.1, 0.15) is 24.0 Å². The van der Waals surface area contributed by atoms with Gasteiger partial charge in [-0.15, -0.1) is 0 Å². The van der Waals surface area contributed by atoms with Gasteiger partial charge in [-0.1, -0.05) is 12.1 Å². The van der Waals surface area contributed by atoms with Crippen LogP contribution in [0.2, 0.25) is 0 Å². The molecule has 25 heavy (non-hydrogen) atoms. The van der Waals surface area contributed by atoms with E-state index in [9.17, 15) is 0 Å². The Morgan fingerprint density at radius 2 is 1.80 bits per heavy atom. The Balaban J connectivity index is 1.86. The highest BCUT2D eigenvalue weighted by Crippen LogP contribution is 2.34. The summed E-state index contributed by atoms with van der Waals surface area (Å²) in [5.41, 5.74) is 5.11. The van der Waals surface area contributed by atoms with Crippen LogP contribution in [0.15, 0.2) is 48.5 Å². The molecule has 124 valence electrons. The van der Waals surface area contributed by atoms with Crippen LogP contribution in [0.4, 0.5) is 5.82 Å². The molecule has 0 bridgehead atoms. The number of hydrogen-bond acceptors (Lipinski definition) is 3. The van der Waals surface area contributed by atoms with Crippen molar-refractivity contribution in [3.63, 3.8) is 0 Å². The first-order valence-electron chi connectivity index (χ1n) is 8.38. The van der Waals surface area contributed by atoms with E-state index >= 15 is 0 Å². The number of nitrogens with zero attached hydrogens (tertiary/aromatic N) is 3. The maximum absolute atomic E-state index is 9.02. The highest BCUT2D eigenvalue weighted by molar-refractivity contribution is 14.1. The number of hydrogen-bond donors (Lipinski definition) is 1. The van der Waals surface area contributed by atoms with E-state index in [4.69, 9.17) is 10.4 Å². The molecule has 1 aromatic heterocycles. The predicted octanol–water partition coefficient (Wildman–Crippen LogP) is 4.76. The summed E-state index contributed by atoms with van der Waals surface area (Å²) < 4.78 is 3.20. The molecule has 0 amide bonds. The summed E-state index contributed by atoms with van der Waals surface area (Å²) in [4.78, 5) is 0. The summed E-state index contributed by atoms with van der Waals surface area (Å²) in [5, 5.41) is 17.5. The molecule has 4 rings (SSSR count). The van der Waals surface area contributed by atoms with Gasteiger partial charge in [-0.2, -0.15) is 10.4 Å². The molecular weight excluding hydrogens is 423 g/mol. The van der Waals surface area contributed by atoms with Crippen LogP contribution in [0.25, 0.3) is 16.9 Å². The predicted molar refractivity (Wildman–Crippen MR) is 108 cm³/mol. The van der Waals surface area contributed by atoms with E-state index in [0.717, 1.165) is 48.6 Å². The first-order valence-corrected chi connectivity index (χ1v) is 9.46. The van der Waals surface area contributed by atoms with Gasteiger partial charge in [0.25, 0.3) is 0 Å². The van der Waals surface area contributed by atoms with Crippen molar-refractivity contribution < 1.29 is 0 Å². The lowest BCUT2D eigenvalue weighted by molar-refractivity contribution is 0.780. The van der Waals surface area contributed by atoms with Gasteiger partial charge in [-0.3, -0.25) is 0 Å². The summed E-state index contributed by atoms with van der Waals surface area (Å²) >= 11 is 2.32. The second kappa shape index (κ2) is 6.89. The Kier molecular flexibility index (Phi) is 4.45. The van der Waals surface area contributed by atoms with E-state index in [-0.39, 0.29) is 0 Å². The molecule has 0 fully saturated rings. The molecule has 0 aliphatic carbocycles. The lowest BCUT2D eigenvalue weighted by Gasteiger charge is -2.09. The number of rotatable bonds is 2. The molecule has 3 aromatic rings. The van der Waals surface area contributed by atoms with Crippen LogP contribution in [-0.4, -0.2) is 16.3 Å². The van der Waals surface area contributed by atoms with Gasteiger partial charge in [-0.05, 0) is 78.3 Å². The van der Waals surface area contributed by atoms with E-state index in [1.165, 1.54) is 9.13 Å². The zero-order chi connectivity index (χ0) is 17.2. The molecule has 0 saturated carbocycles. The van der Waals surface area contributed by atoms with Gasteiger partial charge in [0.15, 0.2) is 0 Å². The number of nitriles is 1. The number of halogens is 1. The third kappa shape index (κ3) is 3.14. The molecule has 2 heterocycles. The van der Waals surface area contributed by atoms with Crippen molar-refractivity contribution in [3.05, 3.63) is 63.2 Å². The van der Waals surface area contributed by atoms with E-state index in [2.05, 4.69) is 58.2 Å². The Bertz CT molecular complexity index is 934. The van der Waals surface area contributed by atoms with Crippen molar-refractivity contribution in [1.29, 1.82) is 5.26 Å². The zero-order valence-electron chi connectivity index (χ0n) is 13.7. The normalized spacial score (nSPS) is 13.4. The minimum atomic E-state index is 0.660. The fourth-order valence-electron chi connectivity index (χ4n) is 3.21. The summed E-state index contributed by atoms with van der Waals surface area (Å²) in [5.74, 6) is 1.08. The van der Waals surface area contributed by atoms with Gasteiger partial charge in [0.05, 0.1) is 23.0 Å². The Morgan fingerprint density at radius 3 is 2.52 bits per heavy atom. The molecule has 0 unspecified atom stereocenters. The van der Waals surface area contributed by atoms with Crippen molar-refractivity contribution >= 4 is 28.4 Å². The Morgan fingerprint density at radius 1 is 1.04 bits per heavy atom. The first kappa shape index (κ1) is 16.2. The van der Waals surface area contributed by atoms with E-state index in [0.29, 0.717) is 5.56 Å². The van der Waals surface area contributed by atoms with Crippen LogP contribution in [0.5, 0.6) is 0 Å². The van der Waals surface area contributed by atoms with E-state index < -0.39 is 0 Å². The van der Waals surface area contributed by atoms with Gasteiger partial charge in [-0.25, -0.2) is 4.68 Å². The number of anilines is 1. The van der Waals surface area contributed by atoms with Gasteiger partial charge in [0, 0.05) is 21.2 Å². The van der Waals surface area contributed by atoms with Crippen LogP contribution in [0.3, 0.4) is 0 Å². The van der Waals surface area contributed by atoms with Crippen LogP contribution in [-0.2, 0) is 6.42 Å². The zero-order valence-corrected chi connectivity index (χ0v) is 15.8. The van der Waals surface area contributed by atoms with E-state index in [1.54, 1.807) is 0 Å². The molecule has 0 atom stereocenters. The standard InChI is InChI=1S/C20H17IN4/c21-16-8-6-15(7-9-16)19-18-3-1-2-12-23-20(18)25(24-19)17-10-4-14(13-22)5-11-17/h4-11,23H,1-3,12H2. The van der Waals surface area contributed by atoms with Gasteiger partial charge in [0.2, 0.25) is 0 Å². The van der Waals surface area contributed by atoms with Gasteiger partial charge >= 0.3 is 0 Å². The SMILES string of the molecule is N#Cc1ccc(-n2nc(-c3ccc(I)cc3)c3c2NCCCC3)cc1. The minimum Gasteiger partial charge on any atom is -0.370 e. The molecule has 5 heteroatoms. The van der Waals surface area contributed by atoms with Crippen LogP contribution < -0.4 is 5.32 Å². The maximum atomic E-state index is 9.02. The molecule has 1 aliphatic heterocycles. The monoisotopic (exact) mass is 440 g/mol. The summed E-state index contributed by atoms with van der Waals surface area (Å²) in [6.45, 7) is 0.959. The molecule has 1 N–H and O–H groups in total. The first-order chi connectivity index (χ1) is 12.3. The maximum Gasteiger partial charge on any atom is 0.133 e. The number of aromatic nitrogens is 2. The minimum absolute atomic E-state index is 0.660. The second-order valence-electron chi connectivity index (χ2n) is 6.14. The highest BCUT2D eigenvalue weighted by Gasteiger charge is 2.21. The average Bonchev–Trinajstić information content (AvgIpc) is 2.84.